The molecule has 3 rings (SSSR count). The zero-order chi connectivity index (χ0) is 19.2. The number of amides is 1. The molecule has 1 amide bonds. The van der Waals surface area contributed by atoms with Gasteiger partial charge in [0.25, 0.3) is 5.91 Å². The second kappa shape index (κ2) is 8.54. The number of nitrogens with one attached hydrogen (secondary N) is 1. The third kappa shape index (κ3) is 4.56. The van der Waals surface area contributed by atoms with Crippen LogP contribution in [0.2, 0.25) is 0 Å². The minimum atomic E-state index is -0.904. The number of fused-ring (bicyclic) bond motifs is 1. The third-order valence-corrected chi connectivity index (χ3v) is 4.57. The second-order valence-electron chi connectivity index (χ2n) is 6.46. The number of rotatable bonds is 7. The molecule has 0 unspecified atom stereocenters. The Balaban J connectivity index is 1.56. The summed E-state index contributed by atoms with van der Waals surface area (Å²) in [5.74, 6) is -0.669. The van der Waals surface area contributed by atoms with Crippen LogP contribution in [0, 0.1) is 0 Å². The molecule has 0 radical (unpaired) electrons. The fraction of sp³-hybridized carbons (Fsp3) is 0.273. The average Bonchev–Trinajstić information content (AvgIpc) is 3.13. The summed E-state index contributed by atoms with van der Waals surface area (Å²) in [6.45, 7) is 4.13. The average molecular weight is 365 g/mol. The first-order valence-corrected chi connectivity index (χ1v) is 9.10. The molecule has 3 aromatic rings. The lowest BCUT2D eigenvalue weighted by molar-refractivity contribution is -0.129. The topological polar surface area (TPSA) is 68.5 Å². The molecule has 140 valence electrons. The first kappa shape index (κ1) is 18.7. The second-order valence-corrected chi connectivity index (χ2v) is 6.46. The molecule has 0 spiro atoms. The van der Waals surface area contributed by atoms with Gasteiger partial charge in [-0.25, -0.2) is 4.79 Å². The lowest BCUT2D eigenvalue weighted by Gasteiger charge is -2.18. The first-order chi connectivity index (χ1) is 13.1. The Morgan fingerprint density at radius 2 is 1.78 bits per heavy atom. The van der Waals surface area contributed by atoms with Crippen LogP contribution in [0.25, 0.3) is 11.0 Å². The number of furan rings is 1. The highest BCUT2D eigenvalue weighted by Gasteiger charge is 2.22. The van der Waals surface area contributed by atoms with Crippen molar-refractivity contribution < 1.29 is 18.7 Å². The Labute approximate surface area is 158 Å². The van der Waals surface area contributed by atoms with Gasteiger partial charge < -0.3 is 14.5 Å². The van der Waals surface area contributed by atoms with Crippen LogP contribution >= 0.6 is 0 Å². The smallest absolute Gasteiger partial charge is 0.375 e. The Bertz CT molecular complexity index is 883. The fourth-order valence-corrected chi connectivity index (χ4v) is 2.95. The van der Waals surface area contributed by atoms with Gasteiger partial charge in [-0.3, -0.25) is 4.79 Å². The van der Waals surface area contributed by atoms with Crippen LogP contribution in [0.15, 0.2) is 65.1 Å². The van der Waals surface area contributed by atoms with Crippen LogP contribution in [0.1, 0.15) is 42.3 Å². The molecule has 0 saturated carbocycles. The third-order valence-electron chi connectivity index (χ3n) is 4.57. The molecule has 0 aliphatic rings. The molecule has 5 heteroatoms. The van der Waals surface area contributed by atoms with Crippen molar-refractivity contribution in [3.05, 3.63) is 72.0 Å². The van der Waals surface area contributed by atoms with Crippen LogP contribution in [-0.2, 0) is 9.53 Å². The van der Waals surface area contributed by atoms with E-state index in [1.54, 1.807) is 19.1 Å². The summed E-state index contributed by atoms with van der Waals surface area (Å²) in [5, 5.41) is 3.68. The molecule has 0 aliphatic carbocycles. The van der Waals surface area contributed by atoms with E-state index < -0.39 is 12.1 Å². The lowest BCUT2D eigenvalue weighted by Crippen LogP contribution is -2.37. The molecule has 0 saturated heterocycles. The molecule has 1 aromatic heterocycles. The van der Waals surface area contributed by atoms with Crippen molar-refractivity contribution in [1.82, 2.24) is 5.32 Å². The lowest BCUT2D eigenvalue weighted by atomic mass is 9.96. The van der Waals surface area contributed by atoms with Crippen LogP contribution < -0.4 is 5.32 Å². The highest BCUT2D eigenvalue weighted by atomic mass is 16.6. The zero-order valence-electron chi connectivity index (χ0n) is 15.5. The number of carbonyl (C=O) groups excluding carboxylic acids is 2. The summed E-state index contributed by atoms with van der Waals surface area (Å²) in [7, 11) is 0. The normalized spacial score (nSPS) is 13.1. The van der Waals surface area contributed by atoms with Gasteiger partial charge in [0.2, 0.25) is 5.76 Å². The number of carbonyl (C=O) groups is 2. The maximum absolute atomic E-state index is 12.3. The van der Waals surface area contributed by atoms with E-state index in [4.69, 9.17) is 9.15 Å². The van der Waals surface area contributed by atoms with Crippen molar-refractivity contribution in [2.45, 2.75) is 32.3 Å². The highest BCUT2D eigenvalue weighted by molar-refractivity contribution is 5.94. The van der Waals surface area contributed by atoms with E-state index in [9.17, 15) is 9.59 Å². The summed E-state index contributed by atoms with van der Waals surface area (Å²) in [6, 6.07) is 19.0. The van der Waals surface area contributed by atoms with Crippen LogP contribution in [0.3, 0.4) is 0 Å². The van der Waals surface area contributed by atoms with E-state index in [0.29, 0.717) is 12.1 Å². The zero-order valence-corrected chi connectivity index (χ0v) is 15.5. The Morgan fingerprint density at radius 1 is 1.07 bits per heavy atom. The minimum Gasteiger partial charge on any atom is -0.449 e. The summed E-state index contributed by atoms with van der Waals surface area (Å²) in [6.07, 6.45) is -0.00347. The predicted octanol–water partition coefficient (Wildman–Crippen LogP) is 4.29. The van der Waals surface area contributed by atoms with E-state index >= 15 is 0 Å². The molecule has 2 aromatic carbocycles. The molecule has 0 bridgehead atoms. The van der Waals surface area contributed by atoms with Crippen molar-refractivity contribution >= 4 is 22.8 Å². The van der Waals surface area contributed by atoms with Gasteiger partial charge in [0.05, 0.1) is 0 Å². The molecular formula is C22H23NO4. The van der Waals surface area contributed by atoms with Crippen molar-refractivity contribution in [3.63, 3.8) is 0 Å². The summed E-state index contributed by atoms with van der Waals surface area (Å²) < 4.78 is 10.7. The van der Waals surface area contributed by atoms with Gasteiger partial charge in [-0.05, 0) is 31.0 Å². The maximum Gasteiger partial charge on any atom is 0.375 e. The molecule has 2 atom stereocenters. The first-order valence-electron chi connectivity index (χ1n) is 9.10. The number of hydrogen-bond acceptors (Lipinski definition) is 4. The molecule has 1 heterocycles. The van der Waals surface area contributed by atoms with Crippen LogP contribution in [0.5, 0.6) is 0 Å². The van der Waals surface area contributed by atoms with Gasteiger partial charge >= 0.3 is 5.97 Å². The largest absolute Gasteiger partial charge is 0.449 e. The maximum atomic E-state index is 12.3. The van der Waals surface area contributed by atoms with E-state index in [0.717, 1.165) is 11.8 Å². The number of para-hydroxylation sites is 1. The Hall–Kier alpha value is -3.08. The molecule has 5 nitrogen and oxygen atoms in total. The summed E-state index contributed by atoms with van der Waals surface area (Å²) >= 11 is 0. The van der Waals surface area contributed by atoms with Gasteiger partial charge in [0.15, 0.2) is 6.10 Å². The highest BCUT2D eigenvalue weighted by Crippen LogP contribution is 2.20. The number of esters is 1. The van der Waals surface area contributed by atoms with Gasteiger partial charge in [0, 0.05) is 17.8 Å². The Morgan fingerprint density at radius 3 is 2.48 bits per heavy atom. The fourth-order valence-electron chi connectivity index (χ4n) is 2.95. The SMILES string of the molecule is CC[C@H](CNC(=O)[C@@H](C)OC(=O)c1cc2ccccc2o1)c1ccccc1. The summed E-state index contributed by atoms with van der Waals surface area (Å²) in [5.41, 5.74) is 1.78. The van der Waals surface area contributed by atoms with E-state index in [2.05, 4.69) is 12.2 Å². The number of hydrogen-bond donors (Lipinski definition) is 1. The number of benzene rings is 2. The van der Waals surface area contributed by atoms with Gasteiger partial charge in [-0.1, -0.05) is 55.5 Å². The summed E-state index contributed by atoms with van der Waals surface area (Å²) in [4.78, 5) is 24.6. The Kier molecular flexibility index (Phi) is 5.91. The van der Waals surface area contributed by atoms with Gasteiger partial charge in [-0.2, -0.15) is 0 Å². The predicted molar refractivity (Wildman–Crippen MR) is 104 cm³/mol. The molecule has 1 N–H and O–H groups in total. The standard InChI is InChI=1S/C22H23NO4/c1-3-16(17-9-5-4-6-10-17)14-23-21(24)15(2)26-22(25)20-13-18-11-7-8-12-19(18)27-20/h4-13,15-16H,3,14H2,1-2H3,(H,23,24)/t15-,16-/m1/s1. The minimum absolute atomic E-state index is 0.0894. The monoisotopic (exact) mass is 365 g/mol. The van der Waals surface area contributed by atoms with Gasteiger partial charge in [0.1, 0.15) is 5.58 Å². The number of ether oxygens (including phenoxy) is 1. The van der Waals surface area contributed by atoms with Crippen LogP contribution in [-0.4, -0.2) is 24.5 Å². The molecular weight excluding hydrogens is 342 g/mol. The van der Waals surface area contributed by atoms with E-state index in [1.807, 2.05) is 48.5 Å². The van der Waals surface area contributed by atoms with Crippen LogP contribution in [0.4, 0.5) is 0 Å². The molecule has 0 fully saturated rings. The molecule has 0 aliphatic heterocycles. The van der Waals surface area contributed by atoms with E-state index in [-0.39, 0.29) is 17.6 Å². The quantitative estimate of drug-likeness (QED) is 0.634. The molecule has 27 heavy (non-hydrogen) atoms. The van der Waals surface area contributed by atoms with E-state index in [1.165, 1.54) is 5.56 Å². The van der Waals surface area contributed by atoms with Crippen molar-refractivity contribution in [2.24, 2.45) is 0 Å². The van der Waals surface area contributed by atoms with Crippen molar-refractivity contribution in [1.29, 1.82) is 0 Å². The van der Waals surface area contributed by atoms with Crippen molar-refractivity contribution in [2.75, 3.05) is 6.54 Å². The van der Waals surface area contributed by atoms with Gasteiger partial charge in [-0.15, -0.1) is 0 Å². The van der Waals surface area contributed by atoms with Crippen molar-refractivity contribution in [3.8, 4) is 0 Å².